The lowest BCUT2D eigenvalue weighted by Gasteiger charge is -2.43. The maximum Gasteiger partial charge on any atom is 0.0705 e. The van der Waals surface area contributed by atoms with E-state index in [0.717, 1.165) is 5.52 Å². The minimum atomic E-state index is 0.0945. The fourth-order valence-corrected chi connectivity index (χ4v) is 3.81. The van der Waals surface area contributed by atoms with Crippen LogP contribution in [0, 0.1) is 0 Å². The molecule has 1 heterocycles. The van der Waals surface area contributed by atoms with Crippen LogP contribution in [-0.2, 0) is 0 Å². The molecule has 0 saturated heterocycles. The Balaban J connectivity index is 2.04. The molecule has 3 N–H and O–H groups in total. The van der Waals surface area contributed by atoms with Gasteiger partial charge >= 0.3 is 0 Å². The van der Waals surface area contributed by atoms with Crippen molar-refractivity contribution in [1.82, 2.24) is 15.3 Å². The molecule has 1 saturated carbocycles. The zero-order valence-electron chi connectivity index (χ0n) is 12.8. The van der Waals surface area contributed by atoms with Crippen molar-refractivity contribution in [3.63, 3.8) is 0 Å². The van der Waals surface area contributed by atoms with Gasteiger partial charge in [0.05, 0.1) is 11.6 Å². The number of aromatic nitrogens is 1. The van der Waals surface area contributed by atoms with Crippen LogP contribution in [-0.4, -0.2) is 29.5 Å². The summed E-state index contributed by atoms with van der Waals surface area (Å²) in [6.45, 7) is 0. The predicted octanol–water partition coefficient (Wildman–Crippen LogP) is 2.61. The molecule has 1 aliphatic carbocycles. The van der Waals surface area contributed by atoms with Crippen molar-refractivity contribution < 1.29 is 0 Å². The van der Waals surface area contributed by atoms with Gasteiger partial charge in [0, 0.05) is 17.1 Å². The van der Waals surface area contributed by atoms with Crippen molar-refractivity contribution >= 4 is 10.9 Å². The van der Waals surface area contributed by atoms with Crippen molar-refractivity contribution in [2.24, 2.45) is 5.84 Å². The maximum atomic E-state index is 5.95. The molecule has 0 radical (unpaired) electrons. The molecule has 2 aromatic rings. The first-order valence-electron chi connectivity index (χ1n) is 7.66. The minimum Gasteiger partial charge on any atom is -0.302 e. The van der Waals surface area contributed by atoms with E-state index in [2.05, 4.69) is 53.7 Å². The van der Waals surface area contributed by atoms with Gasteiger partial charge in [0.1, 0.15) is 0 Å². The van der Waals surface area contributed by atoms with E-state index in [1.807, 2.05) is 12.3 Å². The van der Waals surface area contributed by atoms with Crippen molar-refractivity contribution in [3.8, 4) is 0 Å². The monoisotopic (exact) mass is 284 g/mol. The third-order valence-corrected chi connectivity index (χ3v) is 5.03. The fraction of sp³-hybridized carbons (Fsp3) is 0.471. The second-order valence-corrected chi connectivity index (χ2v) is 6.26. The van der Waals surface area contributed by atoms with E-state index in [0.29, 0.717) is 0 Å². The molecular formula is C17H24N4. The summed E-state index contributed by atoms with van der Waals surface area (Å²) in [6, 6.07) is 10.7. The SMILES string of the molecule is CN(C)C1(C(NN)c2ccc3cccnc3c2)CCCC1. The van der Waals surface area contributed by atoms with Crippen LogP contribution in [0.5, 0.6) is 0 Å². The van der Waals surface area contributed by atoms with Gasteiger partial charge in [0.2, 0.25) is 0 Å². The highest BCUT2D eigenvalue weighted by molar-refractivity contribution is 5.79. The number of nitrogens with two attached hydrogens (primary N) is 1. The third-order valence-electron chi connectivity index (χ3n) is 5.03. The van der Waals surface area contributed by atoms with Gasteiger partial charge in [0.15, 0.2) is 0 Å². The number of nitrogens with one attached hydrogen (secondary N) is 1. The van der Waals surface area contributed by atoms with Crippen LogP contribution >= 0.6 is 0 Å². The molecule has 0 aliphatic heterocycles. The number of pyridine rings is 1. The number of benzene rings is 1. The molecule has 4 nitrogen and oxygen atoms in total. The van der Waals surface area contributed by atoms with E-state index in [1.54, 1.807) is 0 Å². The van der Waals surface area contributed by atoms with Gasteiger partial charge in [-0.15, -0.1) is 0 Å². The van der Waals surface area contributed by atoms with E-state index in [-0.39, 0.29) is 11.6 Å². The topological polar surface area (TPSA) is 54.2 Å². The van der Waals surface area contributed by atoms with Gasteiger partial charge in [-0.3, -0.25) is 16.3 Å². The molecule has 1 unspecified atom stereocenters. The van der Waals surface area contributed by atoms with E-state index >= 15 is 0 Å². The molecule has 0 bridgehead atoms. The lowest BCUT2D eigenvalue weighted by molar-refractivity contribution is 0.105. The number of hydrogen-bond acceptors (Lipinski definition) is 4. The first kappa shape index (κ1) is 14.4. The Morgan fingerprint density at radius 3 is 2.67 bits per heavy atom. The van der Waals surface area contributed by atoms with Crippen LogP contribution in [0.25, 0.3) is 10.9 Å². The lowest BCUT2D eigenvalue weighted by atomic mass is 9.82. The summed E-state index contributed by atoms with van der Waals surface area (Å²) in [5.74, 6) is 5.95. The highest BCUT2D eigenvalue weighted by Crippen LogP contribution is 2.43. The molecule has 1 atom stereocenters. The average Bonchev–Trinajstić information content (AvgIpc) is 2.99. The summed E-state index contributed by atoms with van der Waals surface area (Å²) < 4.78 is 0. The third kappa shape index (κ3) is 2.44. The molecule has 21 heavy (non-hydrogen) atoms. The number of fused-ring (bicyclic) bond motifs is 1. The quantitative estimate of drug-likeness (QED) is 0.669. The molecule has 1 fully saturated rings. The van der Waals surface area contributed by atoms with Crippen molar-refractivity contribution in [3.05, 3.63) is 42.1 Å². The molecule has 3 rings (SSSR count). The standard InChI is InChI=1S/C17H24N4/c1-21(2)17(9-3-4-10-17)16(20-18)14-8-7-13-6-5-11-19-15(13)12-14/h5-8,11-12,16,20H,3-4,9-10,18H2,1-2H3. The second-order valence-electron chi connectivity index (χ2n) is 6.26. The van der Waals surface area contributed by atoms with Crippen molar-refractivity contribution in [1.29, 1.82) is 0 Å². The molecule has 0 spiro atoms. The number of nitrogens with zero attached hydrogens (tertiary/aromatic N) is 2. The van der Waals surface area contributed by atoms with Gasteiger partial charge in [0.25, 0.3) is 0 Å². The number of hydrazine groups is 1. The fourth-order valence-electron chi connectivity index (χ4n) is 3.81. The Hall–Kier alpha value is -1.49. The lowest BCUT2D eigenvalue weighted by Crippen LogP contribution is -2.53. The van der Waals surface area contributed by atoms with E-state index in [1.165, 1.54) is 36.6 Å². The number of rotatable bonds is 4. The summed E-state index contributed by atoms with van der Waals surface area (Å²) in [5, 5.41) is 1.17. The summed E-state index contributed by atoms with van der Waals surface area (Å²) >= 11 is 0. The Kier molecular flexibility index (Phi) is 3.93. The Morgan fingerprint density at radius 1 is 1.24 bits per heavy atom. The van der Waals surface area contributed by atoms with E-state index < -0.39 is 0 Å². The molecule has 1 aromatic carbocycles. The van der Waals surface area contributed by atoms with Gasteiger partial charge in [-0.1, -0.05) is 31.0 Å². The first-order chi connectivity index (χ1) is 10.2. The van der Waals surface area contributed by atoms with Crippen LogP contribution in [0.3, 0.4) is 0 Å². The van der Waals surface area contributed by atoms with Gasteiger partial charge in [-0.25, -0.2) is 0 Å². The van der Waals surface area contributed by atoms with Crippen molar-refractivity contribution in [2.45, 2.75) is 37.3 Å². The van der Waals surface area contributed by atoms with Gasteiger partial charge < -0.3 is 4.90 Å². The largest absolute Gasteiger partial charge is 0.302 e. The minimum absolute atomic E-state index is 0.0945. The van der Waals surface area contributed by atoms with Crippen LogP contribution in [0.15, 0.2) is 36.5 Å². The van der Waals surface area contributed by atoms with Crippen LogP contribution in [0.2, 0.25) is 0 Å². The molecule has 0 amide bonds. The summed E-state index contributed by atoms with van der Waals surface area (Å²) in [7, 11) is 4.32. The number of hydrogen-bond donors (Lipinski definition) is 2. The second kappa shape index (κ2) is 5.72. The van der Waals surface area contributed by atoms with E-state index in [4.69, 9.17) is 5.84 Å². The van der Waals surface area contributed by atoms with Crippen molar-refractivity contribution in [2.75, 3.05) is 14.1 Å². The van der Waals surface area contributed by atoms with E-state index in [9.17, 15) is 0 Å². The normalized spacial score (nSPS) is 19.2. The van der Waals surface area contributed by atoms with Crippen LogP contribution < -0.4 is 11.3 Å². The van der Waals surface area contributed by atoms with Crippen LogP contribution in [0.1, 0.15) is 37.3 Å². The highest BCUT2D eigenvalue weighted by Gasteiger charge is 2.43. The average molecular weight is 284 g/mol. The summed E-state index contributed by atoms with van der Waals surface area (Å²) in [6.07, 6.45) is 6.73. The smallest absolute Gasteiger partial charge is 0.0705 e. The summed E-state index contributed by atoms with van der Waals surface area (Å²) in [4.78, 5) is 6.81. The Morgan fingerprint density at radius 2 is 2.00 bits per heavy atom. The molecule has 112 valence electrons. The molecule has 1 aliphatic rings. The zero-order chi connectivity index (χ0) is 14.9. The highest BCUT2D eigenvalue weighted by atomic mass is 15.3. The molecule has 1 aromatic heterocycles. The first-order valence-corrected chi connectivity index (χ1v) is 7.66. The maximum absolute atomic E-state index is 5.95. The Bertz CT molecular complexity index is 617. The number of likely N-dealkylation sites (N-methyl/N-ethyl adjacent to an activating group) is 1. The zero-order valence-corrected chi connectivity index (χ0v) is 12.8. The Labute approximate surface area is 126 Å². The predicted molar refractivity (Wildman–Crippen MR) is 86.7 cm³/mol. The summed E-state index contributed by atoms with van der Waals surface area (Å²) in [5.41, 5.74) is 5.42. The van der Waals surface area contributed by atoms with Gasteiger partial charge in [-0.2, -0.15) is 0 Å². The van der Waals surface area contributed by atoms with Gasteiger partial charge in [-0.05, 0) is 44.6 Å². The molecular weight excluding hydrogens is 260 g/mol. The molecule has 4 heteroatoms. The van der Waals surface area contributed by atoms with Crippen LogP contribution in [0.4, 0.5) is 0 Å².